The molecule has 0 saturated heterocycles. The minimum atomic E-state index is 0.558. The molecule has 0 saturated carbocycles. The predicted molar refractivity (Wildman–Crippen MR) is 186 cm³/mol. The van der Waals surface area contributed by atoms with Crippen molar-refractivity contribution in [1.82, 2.24) is 9.97 Å². The molecule has 8 aromatic rings. The van der Waals surface area contributed by atoms with Crippen molar-refractivity contribution in [1.29, 1.82) is 0 Å². The molecule has 8 rings (SSSR count). The Kier molecular flexibility index (Phi) is 7.14. The zero-order valence-electron chi connectivity index (χ0n) is 24.9. The molecule has 2 heterocycles. The summed E-state index contributed by atoms with van der Waals surface area (Å²) in [5, 5.41) is 4.15. The van der Waals surface area contributed by atoms with Gasteiger partial charge in [-0.1, -0.05) is 109 Å². The molecule has 4 heteroatoms. The van der Waals surface area contributed by atoms with Gasteiger partial charge in [0.2, 0.25) is 11.8 Å². The fourth-order valence-electron chi connectivity index (χ4n) is 5.88. The van der Waals surface area contributed by atoms with Crippen molar-refractivity contribution < 1.29 is 9.47 Å². The second-order valence-corrected chi connectivity index (χ2v) is 11.0. The van der Waals surface area contributed by atoms with Crippen LogP contribution in [-0.4, -0.2) is 9.97 Å². The third-order valence-corrected chi connectivity index (χ3v) is 8.11. The Labute approximate surface area is 267 Å². The Bertz CT molecular complexity index is 2150. The molecular formula is C42H28N2O2. The van der Waals surface area contributed by atoms with Crippen molar-refractivity contribution in [3.8, 4) is 56.6 Å². The summed E-state index contributed by atoms with van der Waals surface area (Å²) in [6.45, 7) is 0. The Morgan fingerprint density at radius 2 is 0.761 bits per heavy atom. The maximum atomic E-state index is 6.67. The highest BCUT2D eigenvalue weighted by atomic mass is 16.5. The van der Waals surface area contributed by atoms with E-state index >= 15 is 0 Å². The molecule has 0 bridgehead atoms. The molecule has 0 aliphatic heterocycles. The first-order chi connectivity index (χ1) is 22.8. The number of pyridine rings is 2. The van der Waals surface area contributed by atoms with Crippen LogP contribution < -0.4 is 9.47 Å². The Hall–Kier alpha value is -6.26. The van der Waals surface area contributed by atoms with Gasteiger partial charge in [-0.25, -0.2) is 9.97 Å². The van der Waals surface area contributed by atoms with Crippen molar-refractivity contribution >= 4 is 21.5 Å². The summed E-state index contributed by atoms with van der Waals surface area (Å²) in [6, 6.07) is 53.5. The normalized spacial score (nSPS) is 11.0. The van der Waals surface area contributed by atoms with Gasteiger partial charge in [0.15, 0.2) is 0 Å². The van der Waals surface area contributed by atoms with E-state index in [4.69, 9.17) is 9.47 Å². The summed E-state index contributed by atoms with van der Waals surface area (Å²) >= 11 is 0. The summed E-state index contributed by atoms with van der Waals surface area (Å²) in [5.41, 5.74) is 5.97. The number of ether oxygens (including phenoxy) is 2. The van der Waals surface area contributed by atoms with E-state index in [0.29, 0.717) is 11.8 Å². The molecule has 0 radical (unpaired) electrons. The minimum Gasteiger partial charge on any atom is -0.438 e. The van der Waals surface area contributed by atoms with Crippen LogP contribution in [0.5, 0.6) is 23.3 Å². The second kappa shape index (κ2) is 12.0. The summed E-state index contributed by atoms with van der Waals surface area (Å²) in [6.07, 6.45) is 3.53. The van der Waals surface area contributed by atoms with Gasteiger partial charge in [-0.2, -0.15) is 0 Å². The quantitative estimate of drug-likeness (QED) is 0.185. The van der Waals surface area contributed by atoms with Crippen LogP contribution in [0, 0.1) is 0 Å². The van der Waals surface area contributed by atoms with E-state index < -0.39 is 0 Å². The van der Waals surface area contributed by atoms with Gasteiger partial charge in [0.05, 0.1) is 0 Å². The van der Waals surface area contributed by atoms with Gasteiger partial charge >= 0.3 is 0 Å². The zero-order chi connectivity index (χ0) is 30.7. The molecule has 0 aliphatic rings. The second-order valence-electron chi connectivity index (χ2n) is 11.0. The van der Waals surface area contributed by atoms with Gasteiger partial charge in [0.25, 0.3) is 0 Å². The topological polar surface area (TPSA) is 44.2 Å². The summed E-state index contributed by atoms with van der Waals surface area (Å²) in [7, 11) is 0. The first-order valence-corrected chi connectivity index (χ1v) is 15.2. The minimum absolute atomic E-state index is 0.558. The van der Waals surface area contributed by atoms with E-state index in [-0.39, 0.29) is 0 Å². The molecule has 6 aromatic carbocycles. The largest absolute Gasteiger partial charge is 0.438 e. The zero-order valence-corrected chi connectivity index (χ0v) is 24.9. The van der Waals surface area contributed by atoms with E-state index in [0.717, 1.165) is 66.4 Å². The van der Waals surface area contributed by atoms with Crippen LogP contribution in [0.25, 0.3) is 54.9 Å². The molecule has 0 aliphatic carbocycles. The number of benzene rings is 6. The number of nitrogens with zero attached hydrogens (tertiary/aromatic N) is 2. The van der Waals surface area contributed by atoms with E-state index in [9.17, 15) is 0 Å². The van der Waals surface area contributed by atoms with E-state index in [1.165, 1.54) is 0 Å². The molecular weight excluding hydrogens is 564 g/mol. The van der Waals surface area contributed by atoms with Gasteiger partial charge in [0, 0.05) is 34.3 Å². The summed E-state index contributed by atoms with van der Waals surface area (Å²) in [5.74, 6) is 2.58. The number of hydrogen-bond acceptors (Lipinski definition) is 4. The number of rotatable bonds is 7. The van der Waals surface area contributed by atoms with E-state index in [1.54, 1.807) is 12.4 Å². The molecule has 0 atom stereocenters. The monoisotopic (exact) mass is 592 g/mol. The fraction of sp³-hybridized carbons (Fsp3) is 0. The lowest BCUT2D eigenvalue weighted by atomic mass is 9.97. The van der Waals surface area contributed by atoms with Gasteiger partial charge in [-0.15, -0.1) is 0 Å². The summed E-state index contributed by atoms with van der Waals surface area (Å²) < 4.78 is 13.3. The molecule has 0 N–H and O–H groups in total. The molecule has 0 spiro atoms. The van der Waals surface area contributed by atoms with Crippen molar-refractivity contribution in [3.05, 3.63) is 170 Å². The first-order valence-electron chi connectivity index (χ1n) is 15.2. The van der Waals surface area contributed by atoms with Gasteiger partial charge in [-0.05, 0) is 81.6 Å². The molecule has 2 aromatic heterocycles. The van der Waals surface area contributed by atoms with Gasteiger partial charge in [-0.3, -0.25) is 0 Å². The standard InChI is InChI=1S/C42H28N2O2/c1-3-13-29(14-4-1)37-21-11-23-43-41(37)45-39-27-33(25-31-17-7-9-19-35(31)39)34-26-32-18-8-10-20-36(32)40(28-34)46-42-38(22-12-24-44-42)30-15-5-2-6-16-30/h1-28H. The maximum Gasteiger partial charge on any atom is 0.227 e. The van der Waals surface area contributed by atoms with E-state index in [1.807, 2.05) is 84.9 Å². The Morgan fingerprint density at radius 1 is 0.348 bits per heavy atom. The van der Waals surface area contributed by atoms with Crippen LogP contribution in [-0.2, 0) is 0 Å². The first kappa shape index (κ1) is 27.3. The van der Waals surface area contributed by atoms with Crippen LogP contribution in [0.3, 0.4) is 0 Å². The van der Waals surface area contributed by atoms with Crippen LogP contribution in [0.4, 0.5) is 0 Å². The van der Waals surface area contributed by atoms with Crippen LogP contribution in [0.1, 0.15) is 0 Å². The third kappa shape index (κ3) is 5.33. The number of fused-ring (bicyclic) bond motifs is 2. The molecule has 0 fully saturated rings. The molecule has 46 heavy (non-hydrogen) atoms. The number of hydrogen-bond donors (Lipinski definition) is 0. The van der Waals surface area contributed by atoms with Crippen LogP contribution in [0.15, 0.2) is 170 Å². The van der Waals surface area contributed by atoms with Crippen molar-refractivity contribution in [2.75, 3.05) is 0 Å². The lowest BCUT2D eigenvalue weighted by molar-refractivity contribution is 0.469. The lowest BCUT2D eigenvalue weighted by Crippen LogP contribution is -1.94. The molecule has 0 amide bonds. The van der Waals surface area contributed by atoms with E-state index in [2.05, 4.69) is 82.8 Å². The van der Waals surface area contributed by atoms with Crippen molar-refractivity contribution in [2.45, 2.75) is 0 Å². The Balaban J connectivity index is 1.25. The van der Waals surface area contributed by atoms with Crippen molar-refractivity contribution in [2.24, 2.45) is 0 Å². The van der Waals surface area contributed by atoms with Crippen molar-refractivity contribution in [3.63, 3.8) is 0 Å². The van der Waals surface area contributed by atoms with Gasteiger partial charge in [0.1, 0.15) is 11.5 Å². The summed E-state index contributed by atoms with van der Waals surface area (Å²) in [4.78, 5) is 9.29. The average Bonchev–Trinajstić information content (AvgIpc) is 3.13. The smallest absolute Gasteiger partial charge is 0.227 e. The van der Waals surface area contributed by atoms with Gasteiger partial charge < -0.3 is 9.47 Å². The number of aromatic nitrogens is 2. The fourth-order valence-corrected chi connectivity index (χ4v) is 5.88. The molecule has 4 nitrogen and oxygen atoms in total. The highest BCUT2D eigenvalue weighted by molar-refractivity contribution is 5.97. The van der Waals surface area contributed by atoms with Crippen LogP contribution in [0.2, 0.25) is 0 Å². The highest BCUT2D eigenvalue weighted by Crippen LogP contribution is 2.41. The lowest BCUT2D eigenvalue weighted by Gasteiger charge is -2.16. The average molecular weight is 593 g/mol. The highest BCUT2D eigenvalue weighted by Gasteiger charge is 2.16. The molecule has 218 valence electrons. The Morgan fingerprint density at radius 3 is 1.22 bits per heavy atom. The third-order valence-electron chi connectivity index (χ3n) is 8.11. The van der Waals surface area contributed by atoms with Crippen LogP contribution >= 0.6 is 0 Å². The molecule has 0 unspecified atom stereocenters. The maximum absolute atomic E-state index is 6.67. The predicted octanol–water partition coefficient (Wildman–Crippen LogP) is 11.4. The SMILES string of the molecule is c1ccc(-c2cccnc2Oc2cc(-c3cc(Oc4ncccc4-c4ccccc4)c4ccccc4c3)cc3ccccc23)cc1.